The van der Waals surface area contributed by atoms with E-state index in [9.17, 15) is 5.26 Å². The molecule has 1 aliphatic rings. The molecular weight excluding hydrogens is 367 g/mol. The largest absolute Gasteiger partial charge is 0.420 e. The Morgan fingerprint density at radius 3 is 3.00 bits per heavy atom. The van der Waals surface area contributed by atoms with E-state index in [1.54, 1.807) is 0 Å². The number of benzene rings is 1. The summed E-state index contributed by atoms with van der Waals surface area (Å²) in [6.45, 7) is 1.93. The Balaban J connectivity index is 2.15. The fraction of sp³-hybridized carbons (Fsp3) is 0.143. The van der Waals surface area contributed by atoms with Gasteiger partial charge >= 0.3 is 0 Å². The number of hydrogen-bond acceptors (Lipinski definition) is 4. The van der Waals surface area contributed by atoms with Crippen LogP contribution in [0.25, 0.3) is 11.3 Å². The van der Waals surface area contributed by atoms with Crippen LogP contribution in [0.3, 0.4) is 0 Å². The van der Waals surface area contributed by atoms with E-state index in [2.05, 4.69) is 44.9 Å². The molecule has 0 saturated carbocycles. The Morgan fingerprint density at radius 2 is 2.30 bits per heavy atom. The maximum absolute atomic E-state index is 9.20. The SMILES string of the molecule is C[C@@H]1C(C#N)=C(N)Oc2n[nH]c(-c3cccc(I)c3)c21. The van der Waals surface area contributed by atoms with Gasteiger partial charge in [-0.25, -0.2) is 0 Å². The van der Waals surface area contributed by atoms with Crippen molar-refractivity contribution in [2.45, 2.75) is 12.8 Å². The molecule has 0 aliphatic carbocycles. The lowest BCUT2D eigenvalue weighted by molar-refractivity contribution is 0.377. The van der Waals surface area contributed by atoms with Gasteiger partial charge in [-0.3, -0.25) is 5.10 Å². The standard InChI is InChI=1S/C14H11IN4O/c1-7-10(6-16)13(17)20-14-11(7)12(18-19-14)8-3-2-4-9(15)5-8/h2-5,7H,17H2,1H3,(H,18,19)/t7-/m1/s1. The predicted octanol–water partition coefficient (Wildman–Crippen LogP) is 2.87. The number of aromatic amines is 1. The summed E-state index contributed by atoms with van der Waals surface area (Å²) >= 11 is 2.26. The van der Waals surface area contributed by atoms with Crippen LogP contribution < -0.4 is 10.5 Å². The summed E-state index contributed by atoms with van der Waals surface area (Å²) in [7, 11) is 0. The third-order valence-corrected chi connectivity index (χ3v) is 4.01. The third-order valence-electron chi connectivity index (χ3n) is 3.34. The molecule has 0 fully saturated rings. The second-order valence-electron chi connectivity index (χ2n) is 4.54. The van der Waals surface area contributed by atoms with Crippen molar-refractivity contribution in [3.05, 3.63) is 44.9 Å². The van der Waals surface area contributed by atoms with Crippen LogP contribution in [0.2, 0.25) is 0 Å². The van der Waals surface area contributed by atoms with E-state index in [1.807, 2.05) is 25.1 Å². The van der Waals surface area contributed by atoms with E-state index < -0.39 is 0 Å². The van der Waals surface area contributed by atoms with Crippen molar-refractivity contribution in [2.75, 3.05) is 0 Å². The molecule has 0 bridgehead atoms. The third kappa shape index (κ3) is 1.94. The van der Waals surface area contributed by atoms with Crippen molar-refractivity contribution in [2.24, 2.45) is 5.73 Å². The van der Waals surface area contributed by atoms with Gasteiger partial charge in [-0.1, -0.05) is 19.1 Å². The predicted molar refractivity (Wildman–Crippen MR) is 82.6 cm³/mol. The van der Waals surface area contributed by atoms with Crippen molar-refractivity contribution in [3.63, 3.8) is 0 Å². The number of halogens is 1. The number of hydrogen-bond donors (Lipinski definition) is 2. The molecule has 100 valence electrons. The van der Waals surface area contributed by atoms with Crippen molar-refractivity contribution in [3.8, 4) is 23.2 Å². The Bertz CT molecular complexity index is 757. The summed E-state index contributed by atoms with van der Waals surface area (Å²) in [5.41, 5.74) is 8.94. The number of nitrogens with zero attached hydrogens (tertiary/aromatic N) is 2. The van der Waals surface area contributed by atoms with Crippen LogP contribution in [0, 0.1) is 14.9 Å². The van der Waals surface area contributed by atoms with E-state index in [0.29, 0.717) is 11.5 Å². The zero-order valence-corrected chi connectivity index (χ0v) is 12.8. The molecule has 2 aromatic rings. The maximum atomic E-state index is 9.20. The fourth-order valence-corrected chi connectivity index (χ4v) is 2.89. The summed E-state index contributed by atoms with van der Waals surface area (Å²) in [6.07, 6.45) is 0. The average Bonchev–Trinajstić information content (AvgIpc) is 2.83. The van der Waals surface area contributed by atoms with E-state index in [0.717, 1.165) is 20.4 Å². The minimum atomic E-state index is -0.143. The number of nitrogens with one attached hydrogen (secondary N) is 1. The first-order valence-corrected chi connectivity index (χ1v) is 7.11. The molecule has 1 aliphatic heterocycles. The Morgan fingerprint density at radius 1 is 1.50 bits per heavy atom. The number of rotatable bonds is 1. The highest BCUT2D eigenvalue weighted by Crippen LogP contribution is 2.41. The molecule has 3 rings (SSSR count). The summed E-state index contributed by atoms with van der Waals surface area (Å²) < 4.78 is 6.56. The van der Waals surface area contributed by atoms with Crippen LogP contribution in [0.4, 0.5) is 0 Å². The quantitative estimate of drug-likeness (QED) is 0.747. The lowest BCUT2D eigenvalue weighted by atomic mass is 9.90. The fourth-order valence-electron chi connectivity index (χ4n) is 2.35. The molecule has 5 nitrogen and oxygen atoms in total. The molecule has 0 radical (unpaired) electrons. The van der Waals surface area contributed by atoms with Gasteiger partial charge in [0, 0.05) is 15.1 Å². The van der Waals surface area contributed by atoms with Crippen LogP contribution in [0.1, 0.15) is 18.4 Å². The smallest absolute Gasteiger partial charge is 0.244 e. The molecule has 0 spiro atoms. The maximum Gasteiger partial charge on any atom is 0.244 e. The lowest BCUT2D eigenvalue weighted by Crippen LogP contribution is -2.18. The van der Waals surface area contributed by atoms with Crippen molar-refractivity contribution in [1.29, 1.82) is 5.26 Å². The van der Waals surface area contributed by atoms with Crippen molar-refractivity contribution in [1.82, 2.24) is 10.2 Å². The molecule has 1 aromatic carbocycles. The van der Waals surface area contributed by atoms with Gasteiger partial charge < -0.3 is 10.5 Å². The molecular formula is C14H11IN4O. The minimum absolute atomic E-state index is 0.133. The van der Waals surface area contributed by atoms with Gasteiger partial charge in [0.1, 0.15) is 6.07 Å². The summed E-state index contributed by atoms with van der Waals surface area (Å²) in [4.78, 5) is 0. The monoisotopic (exact) mass is 378 g/mol. The molecule has 3 N–H and O–H groups in total. The van der Waals surface area contributed by atoms with Crippen LogP contribution in [-0.4, -0.2) is 10.2 Å². The number of nitriles is 1. The Hall–Kier alpha value is -2.01. The van der Waals surface area contributed by atoms with Crippen molar-refractivity contribution >= 4 is 22.6 Å². The lowest BCUT2D eigenvalue weighted by Gasteiger charge is -2.20. The van der Waals surface area contributed by atoms with E-state index in [1.165, 1.54) is 0 Å². The van der Waals surface area contributed by atoms with Gasteiger partial charge in [-0.15, -0.1) is 5.10 Å². The highest BCUT2D eigenvalue weighted by Gasteiger charge is 2.31. The zero-order chi connectivity index (χ0) is 14.3. The molecule has 0 amide bonds. The van der Waals surface area contributed by atoms with Crippen LogP contribution in [0.5, 0.6) is 5.88 Å². The molecule has 0 unspecified atom stereocenters. The summed E-state index contributed by atoms with van der Waals surface area (Å²) in [5.74, 6) is 0.437. The van der Waals surface area contributed by atoms with Gasteiger partial charge in [-0.2, -0.15) is 5.26 Å². The number of ether oxygens (including phenoxy) is 1. The van der Waals surface area contributed by atoms with Crippen molar-refractivity contribution < 1.29 is 4.74 Å². The van der Waals surface area contributed by atoms with Crippen LogP contribution in [-0.2, 0) is 0 Å². The molecule has 2 heterocycles. The van der Waals surface area contributed by atoms with Gasteiger partial charge in [0.25, 0.3) is 0 Å². The minimum Gasteiger partial charge on any atom is -0.420 e. The van der Waals surface area contributed by atoms with Gasteiger partial charge in [0.15, 0.2) is 0 Å². The molecule has 1 atom stereocenters. The first-order valence-electron chi connectivity index (χ1n) is 6.03. The molecule has 0 saturated heterocycles. The van der Waals surface area contributed by atoms with Gasteiger partial charge in [0.2, 0.25) is 11.8 Å². The summed E-state index contributed by atoms with van der Waals surface area (Å²) in [5, 5.41) is 16.3. The van der Waals surface area contributed by atoms with Crippen LogP contribution >= 0.6 is 22.6 Å². The number of aromatic nitrogens is 2. The Labute approximate surface area is 129 Å². The normalized spacial score (nSPS) is 17.4. The van der Waals surface area contributed by atoms with Gasteiger partial charge in [0.05, 0.1) is 16.8 Å². The Kier molecular flexibility index (Phi) is 3.14. The highest BCUT2D eigenvalue weighted by molar-refractivity contribution is 14.1. The topological polar surface area (TPSA) is 87.7 Å². The molecule has 20 heavy (non-hydrogen) atoms. The number of fused-ring (bicyclic) bond motifs is 1. The average molecular weight is 378 g/mol. The first-order chi connectivity index (χ1) is 9.61. The summed E-state index contributed by atoms with van der Waals surface area (Å²) in [6, 6.07) is 10.2. The van der Waals surface area contributed by atoms with E-state index in [4.69, 9.17) is 10.5 Å². The number of nitrogens with two attached hydrogens (primary N) is 1. The first kappa shape index (κ1) is 13.0. The number of H-pyrrole nitrogens is 1. The van der Waals surface area contributed by atoms with Gasteiger partial charge in [-0.05, 0) is 34.7 Å². The van der Waals surface area contributed by atoms with E-state index >= 15 is 0 Å². The van der Waals surface area contributed by atoms with Crippen LogP contribution in [0.15, 0.2) is 35.7 Å². The molecule has 1 aromatic heterocycles. The second-order valence-corrected chi connectivity index (χ2v) is 5.79. The highest BCUT2D eigenvalue weighted by atomic mass is 127. The molecule has 6 heteroatoms. The van der Waals surface area contributed by atoms with E-state index in [-0.39, 0.29) is 11.8 Å². The zero-order valence-electron chi connectivity index (χ0n) is 10.6. The second kappa shape index (κ2) is 4.83. The number of allylic oxidation sites excluding steroid dienone is 1.